The number of hydrogen-bond acceptors (Lipinski definition) is 4. The van der Waals surface area contributed by atoms with E-state index in [1.54, 1.807) is 20.8 Å². The summed E-state index contributed by atoms with van der Waals surface area (Å²) in [6.45, 7) is 5.50. The molecule has 0 aliphatic rings. The average molecular weight is 361 g/mol. The summed E-state index contributed by atoms with van der Waals surface area (Å²) in [5.41, 5.74) is -1.56. The number of halogens is 1. The summed E-state index contributed by atoms with van der Waals surface area (Å²) in [5.74, 6) is -1.30. The molecule has 8 heteroatoms. The maximum Gasteiger partial charge on any atom is 0.407 e. The van der Waals surface area contributed by atoms with E-state index in [0.29, 0.717) is 4.47 Å². The maximum absolute atomic E-state index is 11.9. The van der Waals surface area contributed by atoms with E-state index in [-0.39, 0.29) is 18.7 Å². The lowest BCUT2D eigenvalue weighted by Gasteiger charge is -2.19. The number of aromatic nitrogens is 1. The number of nitrogens with one attached hydrogen (secondary N) is 1. The van der Waals surface area contributed by atoms with Crippen LogP contribution >= 0.6 is 15.9 Å². The number of carboxylic acid groups (broad SMARTS) is 1. The summed E-state index contributed by atoms with van der Waals surface area (Å²) >= 11 is 3.14. The maximum atomic E-state index is 11.9. The molecule has 1 heterocycles. The van der Waals surface area contributed by atoms with Crippen LogP contribution in [0.15, 0.2) is 21.5 Å². The Balaban J connectivity index is 2.71. The minimum absolute atomic E-state index is 0.137. The quantitative estimate of drug-likeness (QED) is 0.853. The third-order valence-electron chi connectivity index (χ3n) is 2.30. The lowest BCUT2D eigenvalue weighted by molar-refractivity contribution is 0.0524. The Morgan fingerprint density at radius 3 is 2.57 bits per heavy atom. The van der Waals surface area contributed by atoms with Crippen molar-refractivity contribution in [3.8, 4) is 0 Å². The number of carboxylic acids is 1. The monoisotopic (exact) mass is 360 g/mol. The number of hydrogen-bond donors (Lipinski definition) is 2. The van der Waals surface area contributed by atoms with Gasteiger partial charge >= 0.3 is 12.1 Å². The third kappa shape index (κ3) is 5.58. The summed E-state index contributed by atoms with van der Waals surface area (Å²) < 4.78 is 6.73. The van der Waals surface area contributed by atoms with Crippen molar-refractivity contribution < 1.29 is 19.4 Å². The van der Waals surface area contributed by atoms with Crippen LogP contribution in [0, 0.1) is 0 Å². The van der Waals surface area contributed by atoms with E-state index in [4.69, 9.17) is 9.84 Å². The summed E-state index contributed by atoms with van der Waals surface area (Å²) in [4.78, 5) is 34.3. The smallest absolute Gasteiger partial charge is 0.407 e. The highest BCUT2D eigenvalue weighted by atomic mass is 79.9. The Bertz CT molecular complexity index is 604. The molecule has 1 amide bonds. The van der Waals surface area contributed by atoms with Crippen LogP contribution in [0.2, 0.25) is 0 Å². The van der Waals surface area contributed by atoms with Crippen LogP contribution < -0.4 is 10.9 Å². The number of ether oxygens (including phenoxy) is 1. The van der Waals surface area contributed by atoms with E-state index in [0.717, 1.165) is 0 Å². The highest BCUT2D eigenvalue weighted by molar-refractivity contribution is 9.10. The van der Waals surface area contributed by atoms with Gasteiger partial charge in [-0.15, -0.1) is 0 Å². The van der Waals surface area contributed by atoms with Gasteiger partial charge in [0.2, 0.25) is 0 Å². The van der Waals surface area contributed by atoms with Gasteiger partial charge in [-0.25, -0.2) is 9.59 Å². The van der Waals surface area contributed by atoms with Gasteiger partial charge in [-0.2, -0.15) is 0 Å². The van der Waals surface area contributed by atoms with Gasteiger partial charge in [0.05, 0.1) is 0 Å². The molecule has 0 bridgehead atoms. The van der Waals surface area contributed by atoms with Crippen LogP contribution in [-0.4, -0.2) is 33.9 Å². The van der Waals surface area contributed by atoms with Gasteiger partial charge in [0, 0.05) is 23.8 Å². The molecule has 1 aromatic rings. The average Bonchev–Trinajstić information content (AvgIpc) is 2.30. The highest BCUT2D eigenvalue weighted by Gasteiger charge is 2.16. The zero-order chi connectivity index (χ0) is 16.2. The van der Waals surface area contributed by atoms with Gasteiger partial charge in [0.15, 0.2) is 0 Å². The van der Waals surface area contributed by atoms with Crippen LogP contribution in [0.3, 0.4) is 0 Å². The first-order chi connectivity index (χ1) is 9.60. The molecule has 116 valence electrons. The van der Waals surface area contributed by atoms with Gasteiger partial charge in [-0.3, -0.25) is 4.79 Å². The van der Waals surface area contributed by atoms with Crippen molar-refractivity contribution in [1.29, 1.82) is 0 Å². The van der Waals surface area contributed by atoms with Crippen molar-refractivity contribution in [1.82, 2.24) is 9.88 Å². The molecule has 0 aromatic carbocycles. The number of carbonyl (C=O) groups excluding carboxylic acids is 1. The van der Waals surface area contributed by atoms with E-state index in [1.165, 1.54) is 16.8 Å². The Hall–Kier alpha value is -1.83. The van der Waals surface area contributed by atoms with E-state index in [2.05, 4.69) is 21.2 Å². The standard InChI is InChI=1S/C13H17BrN2O5/c1-13(2,3)21-12(20)15-4-5-16-7-8(14)6-9(10(16)17)11(18)19/h6-7H,4-5H2,1-3H3,(H,15,20)(H,18,19). The number of aromatic carboxylic acids is 1. The normalized spacial score (nSPS) is 11.0. The molecule has 0 spiro atoms. The first kappa shape index (κ1) is 17.2. The topological polar surface area (TPSA) is 97.6 Å². The minimum atomic E-state index is -1.30. The molecular weight excluding hydrogens is 344 g/mol. The van der Waals surface area contributed by atoms with E-state index in [9.17, 15) is 14.4 Å². The van der Waals surface area contributed by atoms with E-state index in [1.807, 2.05) is 0 Å². The SMILES string of the molecule is CC(C)(C)OC(=O)NCCn1cc(Br)cc(C(=O)O)c1=O. The van der Waals surface area contributed by atoms with Gasteiger partial charge in [0.1, 0.15) is 11.2 Å². The molecule has 0 aliphatic carbocycles. The number of rotatable bonds is 4. The predicted octanol–water partition coefficient (Wildman–Crippen LogP) is 1.83. The van der Waals surface area contributed by atoms with Crippen LogP contribution in [0.25, 0.3) is 0 Å². The molecule has 0 saturated heterocycles. The fourth-order valence-electron chi connectivity index (χ4n) is 1.51. The summed E-state index contributed by atoms with van der Waals surface area (Å²) in [7, 11) is 0. The van der Waals surface area contributed by atoms with Crippen LogP contribution in [-0.2, 0) is 11.3 Å². The summed E-state index contributed by atoms with van der Waals surface area (Å²) in [6.07, 6.45) is 0.870. The molecular formula is C13H17BrN2O5. The molecule has 1 rings (SSSR count). The van der Waals surface area contributed by atoms with Gasteiger partial charge in [-0.05, 0) is 42.8 Å². The second-order valence-electron chi connectivity index (χ2n) is 5.30. The second-order valence-corrected chi connectivity index (χ2v) is 6.22. The van der Waals surface area contributed by atoms with Crippen molar-refractivity contribution in [2.75, 3.05) is 6.54 Å². The summed E-state index contributed by atoms with van der Waals surface area (Å²) in [5, 5.41) is 11.4. The van der Waals surface area contributed by atoms with Gasteiger partial charge in [0.25, 0.3) is 5.56 Å². The predicted molar refractivity (Wildman–Crippen MR) is 79.6 cm³/mol. The summed E-state index contributed by atoms with van der Waals surface area (Å²) in [6, 6.07) is 1.24. The molecule has 0 saturated carbocycles. The van der Waals surface area contributed by atoms with Crippen molar-refractivity contribution >= 4 is 28.0 Å². The lowest BCUT2D eigenvalue weighted by Crippen LogP contribution is -2.36. The Kier molecular flexibility index (Phi) is 5.54. The zero-order valence-electron chi connectivity index (χ0n) is 12.0. The van der Waals surface area contributed by atoms with Crippen LogP contribution in [0.5, 0.6) is 0 Å². The Labute approximate surface area is 130 Å². The van der Waals surface area contributed by atoms with Crippen molar-refractivity contribution in [3.05, 3.63) is 32.7 Å². The zero-order valence-corrected chi connectivity index (χ0v) is 13.6. The molecule has 0 unspecified atom stereocenters. The van der Waals surface area contributed by atoms with Gasteiger partial charge in [-0.1, -0.05) is 0 Å². The molecule has 7 nitrogen and oxygen atoms in total. The van der Waals surface area contributed by atoms with E-state index >= 15 is 0 Å². The number of amides is 1. The molecule has 2 N–H and O–H groups in total. The van der Waals surface area contributed by atoms with Crippen molar-refractivity contribution in [3.63, 3.8) is 0 Å². The largest absolute Gasteiger partial charge is 0.477 e. The fraction of sp³-hybridized carbons (Fsp3) is 0.462. The number of alkyl carbamates (subject to hydrolysis) is 1. The minimum Gasteiger partial charge on any atom is -0.477 e. The number of pyridine rings is 1. The molecule has 0 radical (unpaired) electrons. The van der Waals surface area contributed by atoms with Crippen LogP contribution in [0.4, 0.5) is 4.79 Å². The first-order valence-electron chi connectivity index (χ1n) is 6.20. The Morgan fingerprint density at radius 2 is 2.05 bits per heavy atom. The fourth-order valence-corrected chi connectivity index (χ4v) is 1.99. The molecule has 21 heavy (non-hydrogen) atoms. The molecule has 0 fully saturated rings. The Morgan fingerprint density at radius 1 is 1.43 bits per heavy atom. The van der Waals surface area contributed by atoms with Crippen molar-refractivity contribution in [2.24, 2.45) is 0 Å². The van der Waals surface area contributed by atoms with E-state index < -0.39 is 23.2 Å². The van der Waals surface area contributed by atoms with Crippen molar-refractivity contribution in [2.45, 2.75) is 32.9 Å². The second kappa shape index (κ2) is 6.75. The molecule has 1 aromatic heterocycles. The van der Waals surface area contributed by atoms with Crippen LogP contribution in [0.1, 0.15) is 31.1 Å². The number of nitrogens with zero attached hydrogens (tertiary/aromatic N) is 1. The first-order valence-corrected chi connectivity index (χ1v) is 6.99. The molecule has 0 atom stereocenters. The third-order valence-corrected chi connectivity index (χ3v) is 2.74. The highest BCUT2D eigenvalue weighted by Crippen LogP contribution is 2.09. The number of carbonyl (C=O) groups is 2. The van der Waals surface area contributed by atoms with Gasteiger partial charge < -0.3 is 19.7 Å². The molecule has 0 aliphatic heterocycles. The lowest BCUT2D eigenvalue weighted by atomic mass is 10.2.